The highest BCUT2D eigenvalue weighted by Crippen LogP contribution is 2.20. The molecule has 0 amide bonds. The molecule has 1 aliphatic heterocycles. The van der Waals surface area contributed by atoms with Gasteiger partial charge in [0.15, 0.2) is 0 Å². The summed E-state index contributed by atoms with van der Waals surface area (Å²) in [5, 5.41) is 0. The monoisotopic (exact) mass is 267 g/mol. The van der Waals surface area contributed by atoms with Crippen molar-refractivity contribution < 1.29 is 13.2 Å². The number of nitrogens with zero attached hydrogens (tertiary/aromatic N) is 2. The summed E-state index contributed by atoms with van der Waals surface area (Å²) in [6, 6.07) is 0.486. The van der Waals surface area contributed by atoms with E-state index in [1.54, 1.807) is 0 Å². The number of hydrogen-bond donors (Lipinski definition) is 1. The van der Waals surface area contributed by atoms with Gasteiger partial charge in [-0.05, 0) is 19.4 Å². The van der Waals surface area contributed by atoms with Crippen LogP contribution in [0.4, 0.5) is 13.2 Å². The zero-order valence-corrected chi connectivity index (χ0v) is 11.0. The molecular weight excluding hydrogens is 243 g/mol. The number of hydrogen-bond acceptors (Lipinski definition) is 3. The number of rotatable bonds is 6. The smallest absolute Gasteiger partial charge is 0.330 e. The molecule has 1 atom stereocenters. The average molecular weight is 267 g/mol. The Morgan fingerprint density at radius 2 is 1.78 bits per heavy atom. The fourth-order valence-corrected chi connectivity index (χ4v) is 2.47. The summed E-state index contributed by atoms with van der Waals surface area (Å²) in [6.07, 6.45) is -2.71. The molecule has 1 fully saturated rings. The summed E-state index contributed by atoms with van der Waals surface area (Å²) in [7, 11) is 0. The molecule has 3 nitrogen and oxygen atoms in total. The molecule has 0 radical (unpaired) electrons. The van der Waals surface area contributed by atoms with Gasteiger partial charge in [-0.3, -0.25) is 4.90 Å². The van der Waals surface area contributed by atoms with Crippen molar-refractivity contribution in [3.63, 3.8) is 0 Å². The normalized spacial score (nSPS) is 21.2. The van der Waals surface area contributed by atoms with Crippen molar-refractivity contribution in [2.45, 2.75) is 38.4 Å². The SMILES string of the molecule is CCC(CCN)N1CCN(CCC(F)(F)F)CC1. The van der Waals surface area contributed by atoms with Crippen molar-refractivity contribution in [3.8, 4) is 0 Å². The molecular formula is C12H24F3N3. The van der Waals surface area contributed by atoms with Crippen molar-refractivity contribution >= 4 is 0 Å². The largest absolute Gasteiger partial charge is 0.390 e. The van der Waals surface area contributed by atoms with E-state index in [2.05, 4.69) is 11.8 Å². The van der Waals surface area contributed by atoms with Gasteiger partial charge >= 0.3 is 6.18 Å². The maximum atomic E-state index is 12.1. The van der Waals surface area contributed by atoms with Gasteiger partial charge in [0, 0.05) is 38.8 Å². The molecule has 0 bridgehead atoms. The van der Waals surface area contributed by atoms with E-state index in [0.29, 0.717) is 12.6 Å². The lowest BCUT2D eigenvalue weighted by Gasteiger charge is -2.39. The molecule has 0 spiro atoms. The number of nitrogens with two attached hydrogens (primary N) is 1. The Balaban J connectivity index is 2.27. The Morgan fingerprint density at radius 1 is 1.17 bits per heavy atom. The third kappa shape index (κ3) is 5.54. The third-order valence-corrected chi connectivity index (χ3v) is 3.61. The Labute approximate surface area is 107 Å². The first kappa shape index (κ1) is 15.7. The van der Waals surface area contributed by atoms with Crippen molar-refractivity contribution in [1.82, 2.24) is 9.80 Å². The Hall–Kier alpha value is -0.330. The lowest BCUT2D eigenvalue weighted by atomic mass is 10.1. The summed E-state index contributed by atoms with van der Waals surface area (Å²) in [4.78, 5) is 4.26. The van der Waals surface area contributed by atoms with E-state index in [1.165, 1.54) is 0 Å². The quantitative estimate of drug-likeness (QED) is 0.795. The molecule has 0 aromatic heterocycles. The van der Waals surface area contributed by atoms with E-state index in [1.807, 2.05) is 4.90 Å². The van der Waals surface area contributed by atoms with E-state index < -0.39 is 12.6 Å². The Morgan fingerprint density at radius 3 is 2.22 bits per heavy atom. The molecule has 0 aliphatic carbocycles. The van der Waals surface area contributed by atoms with Gasteiger partial charge < -0.3 is 10.6 Å². The highest BCUT2D eigenvalue weighted by molar-refractivity contribution is 4.78. The highest BCUT2D eigenvalue weighted by atomic mass is 19.4. The molecule has 0 aromatic rings. The van der Waals surface area contributed by atoms with Gasteiger partial charge in [0.2, 0.25) is 0 Å². The van der Waals surface area contributed by atoms with Crippen LogP contribution in [0, 0.1) is 0 Å². The molecule has 6 heteroatoms. The minimum atomic E-state index is -4.04. The second-order valence-corrected chi connectivity index (χ2v) is 4.88. The van der Waals surface area contributed by atoms with Crippen molar-refractivity contribution in [2.24, 2.45) is 5.73 Å². The first-order chi connectivity index (χ1) is 8.46. The van der Waals surface area contributed by atoms with Crippen LogP contribution in [0.15, 0.2) is 0 Å². The summed E-state index contributed by atoms with van der Waals surface area (Å²) in [6.45, 7) is 6.12. The minimum absolute atomic E-state index is 0.130. The molecule has 1 aliphatic rings. The standard InChI is InChI=1S/C12H24F3N3/c1-2-11(3-5-16)18-9-7-17(8-10-18)6-4-12(13,14)15/h11H,2-10,16H2,1H3. The molecule has 0 aromatic carbocycles. The maximum absolute atomic E-state index is 12.1. The fourth-order valence-electron chi connectivity index (χ4n) is 2.47. The second kappa shape index (κ2) is 7.31. The number of piperazine rings is 1. The molecule has 18 heavy (non-hydrogen) atoms. The predicted octanol–water partition coefficient (Wildman–Crippen LogP) is 1.68. The van der Waals surface area contributed by atoms with Crippen LogP contribution in [0.3, 0.4) is 0 Å². The van der Waals surface area contributed by atoms with Gasteiger partial charge in [-0.2, -0.15) is 13.2 Å². The van der Waals surface area contributed by atoms with Crippen molar-refractivity contribution in [3.05, 3.63) is 0 Å². The number of alkyl halides is 3. The third-order valence-electron chi connectivity index (χ3n) is 3.61. The van der Waals surface area contributed by atoms with Crippen LogP contribution in [-0.4, -0.2) is 61.3 Å². The lowest BCUT2D eigenvalue weighted by molar-refractivity contribution is -0.139. The molecule has 1 unspecified atom stereocenters. The fraction of sp³-hybridized carbons (Fsp3) is 1.00. The van der Waals surface area contributed by atoms with Crippen LogP contribution in [-0.2, 0) is 0 Å². The summed E-state index contributed by atoms with van der Waals surface area (Å²) >= 11 is 0. The lowest BCUT2D eigenvalue weighted by Crippen LogP contribution is -2.51. The predicted molar refractivity (Wildman–Crippen MR) is 66.4 cm³/mol. The summed E-state index contributed by atoms with van der Waals surface area (Å²) < 4.78 is 36.4. The van der Waals surface area contributed by atoms with Crippen LogP contribution in [0.25, 0.3) is 0 Å². The second-order valence-electron chi connectivity index (χ2n) is 4.88. The van der Waals surface area contributed by atoms with Crippen LogP contribution >= 0.6 is 0 Å². The molecule has 0 saturated carbocycles. The van der Waals surface area contributed by atoms with Crippen LogP contribution in [0.1, 0.15) is 26.2 Å². The molecule has 108 valence electrons. The van der Waals surface area contributed by atoms with Crippen molar-refractivity contribution in [1.29, 1.82) is 0 Å². The summed E-state index contributed by atoms with van der Waals surface area (Å²) in [5.74, 6) is 0. The van der Waals surface area contributed by atoms with Gasteiger partial charge in [-0.25, -0.2) is 0 Å². The zero-order valence-electron chi connectivity index (χ0n) is 11.0. The summed E-state index contributed by atoms with van der Waals surface area (Å²) in [5.41, 5.74) is 5.57. The number of halogens is 3. The molecule has 1 saturated heterocycles. The van der Waals surface area contributed by atoms with Gasteiger partial charge in [0.25, 0.3) is 0 Å². The first-order valence-electron chi connectivity index (χ1n) is 6.69. The topological polar surface area (TPSA) is 32.5 Å². The highest BCUT2D eigenvalue weighted by Gasteiger charge is 2.29. The van der Waals surface area contributed by atoms with E-state index in [4.69, 9.17) is 5.73 Å². The van der Waals surface area contributed by atoms with E-state index >= 15 is 0 Å². The van der Waals surface area contributed by atoms with Gasteiger partial charge in [-0.15, -0.1) is 0 Å². The van der Waals surface area contributed by atoms with Crippen LogP contribution in [0.2, 0.25) is 0 Å². The van der Waals surface area contributed by atoms with Gasteiger partial charge in [0.1, 0.15) is 0 Å². The first-order valence-corrected chi connectivity index (χ1v) is 6.69. The van der Waals surface area contributed by atoms with E-state index in [-0.39, 0.29) is 6.54 Å². The molecule has 1 rings (SSSR count). The van der Waals surface area contributed by atoms with E-state index in [0.717, 1.165) is 39.0 Å². The average Bonchev–Trinajstić information content (AvgIpc) is 2.33. The Bertz CT molecular complexity index is 225. The van der Waals surface area contributed by atoms with Crippen LogP contribution < -0.4 is 5.73 Å². The zero-order chi connectivity index (χ0) is 13.6. The van der Waals surface area contributed by atoms with Gasteiger partial charge in [0.05, 0.1) is 6.42 Å². The van der Waals surface area contributed by atoms with Gasteiger partial charge in [-0.1, -0.05) is 6.92 Å². The van der Waals surface area contributed by atoms with Crippen LogP contribution in [0.5, 0.6) is 0 Å². The van der Waals surface area contributed by atoms with Crippen molar-refractivity contribution in [2.75, 3.05) is 39.3 Å². The van der Waals surface area contributed by atoms with E-state index in [9.17, 15) is 13.2 Å². The Kier molecular flexibility index (Phi) is 6.38. The molecule has 2 N–H and O–H groups in total. The molecule has 1 heterocycles. The maximum Gasteiger partial charge on any atom is 0.390 e. The minimum Gasteiger partial charge on any atom is -0.330 e.